The smallest absolute Gasteiger partial charge is 0.160 e. The van der Waals surface area contributed by atoms with Crippen LogP contribution in [0.2, 0.25) is 0 Å². The summed E-state index contributed by atoms with van der Waals surface area (Å²) in [5.41, 5.74) is 0.693. The molecule has 2 N–H and O–H groups in total. The van der Waals surface area contributed by atoms with E-state index in [1.54, 1.807) is 6.33 Å². The van der Waals surface area contributed by atoms with Gasteiger partial charge in [-0.25, -0.2) is 14.4 Å². The van der Waals surface area contributed by atoms with Gasteiger partial charge in [0, 0.05) is 38.8 Å². The summed E-state index contributed by atoms with van der Waals surface area (Å²) in [5.74, 6) is 2.34. The molecule has 0 bridgehead atoms. The average molecular weight is 444 g/mol. The lowest BCUT2D eigenvalue weighted by Crippen LogP contribution is -2.44. The fourth-order valence-corrected chi connectivity index (χ4v) is 3.54. The van der Waals surface area contributed by atoms with Crippen LogP contribution in [0.3, 0.4) is 0 Å². The van der Waals surface area contributed by atoms with Crippen LogP contribution in [0.4, 0.5) is 16.0 Å². The van der Waals surface area contributed by atoms with E-state index >= 15 is 0 Å². The van der Waals surface area contributed by atoms with Crippen molar-refractivity contribution in [1.82, 2.24) is 14.9 Å². The van der Waals surface area contributed by atoms with Gasteiger partial charge in [-0.05, 0) is 50.8 Å². The van der Waals surface area contributed by atoms with Crippen molar-refractivity contribution in [3.8, 4) is 0 Å². The zero-order valence-electron chi connectivity index (χ0n) is 19.2. The van der Waals surface area contributed by atoms with Gasteiger partial charge in [-0.2, -0.15) is 0 Å². The number of alkyl halides is 1. The minimum atomic E-state index is -1.64. The molecule has 1 aliphatic carbocycles. The maximum Gasteiger partial charge on any atom is 0.160 e. The lowest BCUT2D eigenvalue weighted by atomic mass is 9.99. The van der Waals surface area contributed by atoms with Gasteiger partial charge >= 0.3 is 0 Å². The zero-order valence-corrected chi connectivity index (χ0v) is 19.2. The molecule has 1 saturated heterocycles. The Kier molecular flexibility index (Phi) is 8.15. The van der Waals surface area contributed by atoms with Crippen molar-refractivity contribution < 1.29 is 14.3 Å². The predicted octanol–water partition coefficient (Wildman–Crippen LogP) is 3.18. The topological polar surface area (TPSA) is 81.6 Å². The van der Waals surface area contributed by atoms with Gasteiger partial charge in [-0.1, -0.05) is 24.3 Å². The van der Waals surface area contributed by atoms with Gasteiger partial charge in [0.15, 0.2) is 12.0 Å². The molecule has 2 heterocycles. The average Bonchev–Trinajstić information content (AvgIpc) is 3.63. The highest BCUT2D eigenvalue weighted by molar-refractivity contribution is 5.60. The van der Waals surface area contributed by atoms with Crippen LogP contribution < -0.4 is 10.2 Å². The Morgan fingerprint density at radius 3 is 2.50 bits per heavy atom. The fourth-order valence-electron chi connectivity index (χ4n) is 3.54. The highest BCUT2D eigenvalue weighted by Crippen LogP contribution is 2.42. The standard InChI is InChI=1S/C20H27N5O.C4H7FO/c1-24-8-10-25(11-9-24)20-12-19(22-14-23-20)21-13-18(26)17-5-3-2-4-16(17)15-6-7-15;1-4(2,5)3-6/h2-5,12,14-15,18,26H,6-11,13H2,1H3,(H,21,22,23);3H,1-2H3. The highest BCUT2D eigenvalue weighted by atomic mass is 19.1. The number of nitrogens with one attached hydrogen (secondary N) is 1. The van der Waals surface area contributed by atoms with Crippen LogP contribution in [-0.4, -0.2) is 71.7 Å². The molecule has 1 aromatic heterocycles. The first-order valence-corrected chi connectivity index (χ1v) is 11.2. The molecule has 2 fully saturated rings. The summed E-state index contributed by atoms with van der Waals surface area (Å²) in [5, 5.41) is 13.9. The van der Waals surface area contributed by atoms with Crippen LogP contribution in [-0.2, 0) is 4.79 Å². The molecule has 1 saturated carbocycles. The monoisotopic (exact) mass is 443 g/mol. The fraction of sp³-hybridized carbons (Fsp3) is 0.542. The quantitative estimate of drug-likeness (QED) is 0.636. The number of anilines is 2. The SMILES string of the molecule is CC(C)(F)C=O.CN1CCN(c2cc(NCC(O)c3ccccc3C3CC3)ncn2)CC1. The molecule has 4 rings (SSSR count). The first-order valence-electron chi connectivity index (χ1n) is 11.2. The molecular weight excluding hydrogens is 409 g/mol. The van der Waals surface area contributed by atoms with Crippen molar-refractivity contribution in [3.63, 3.8) is 0 Å². The van der Waals surface area contributed by atoms with Crippen LogP contribution in [0.5, 0.6) is 0 Å². The number of aliphatic hydroxyl groups excluding tert-OH is 1. The highest BCUT2D eigenvalue weighted by Gasteiger charge is 2.27. The number of hydrogen-bond donors (Lipinski definition) is 2. The number of rotatable bonds is 7. The number of carbonyl (C=O) groups excluding carboxylic acids is 1. The Labute approximate surface area is 189 Å². The van der Waals surface area contributed by atoms with Crippen molar-refractivity contribution in [2.45, 2.75) is 44.4 Å². The zero-order chi connectivity index (χ0) is 23.1. The van der Waals surface area contributed by atoms with E-state index in [1.807, 2.05) is 18.2 Å². The number of aliphatic hydroxyl groups is 1. The van der Waals surface area contributed by atoms with E-state index in [0.717, 1.165) is 43.4 Å². The first-order chi connectivity index (χ1) is 15.3. The Morgan fingerprint density at radius 2 is 1.88 bits per heavy atom. The second-order valence-electron chi connectivity index (χ2n) is 9.03. The third-order valence-corrected chi connectivity index (χ3v) is 5.61. The maximum absolute atomic E-state index is 11.8. The Balaban J connectivity index is 0.000000427. The number of piperazine rings is 1. The van der Waals surface area contributed by atoms with Gasteiger partial charge in [0.25, 0.3) is 0 Å². The van der Waals surface area contributed by atoms with Crippen molar-refractivity contribution in [3.05, 3.63) is 47.8 Å². The number of carbonyl (C=O) groups is 1. The predicted molar refractivity (Wildman–Crippen MR) is 125 cm³/mol. The second kappa shape index (κ2) is 10.8. The molecule has 32 heavy (non-hydrogen) atoms. The van der Waals surface area contributed by atoms with Gasteiger partial charge in [-0.3, -0.25) is 4.79 Å². The molecule has 174 valence electrons. The van der Waals surface area contributed by atoms with Gasteiger partial charge in [0.2, 0.25) is 0 Å². The number of hydrogen-bond acceptors (Lipinski definition) is 7. The molecule has 1 unspecified atom stereocenters. The summed E-state index contributed by atoms with van der Waals surface area (Å²) >= 11 is 0. The molecule has 1 aromatic carbocycles. The molecule has 2 aromatic rings. The minimum Gasteiger partial charge on any atom is -0.387 e. The maximum atomic E-state index is 11.8. The second-order valence-corrected chi connectivity index (χ2v) is 9.03. The minimum absolute atomic E-state index is 0.271. The van der Waals surface area contributed by atoms with Crippen LogP contribution in [0, 0.1) is 0 Å². The van der Waals surface area contributed by atoms with Gasteiger partial charge < -0.3 is 20.2 Å². The number of benzene rings is 1. The summed E-state index contributed by atoms with van der Waals surface area (Å²) in [6.07, 6.45) is 3.80. The Morgan fingerprint density at radius 1 is 1.22 bits per heavy atom. The number of nitrogens with zero attached hydrogens (tertiary/aromatic N) is 4. The van der Waals surface area contributed by atoms with Gasteiger partial charge in [0.05, 0.1) is 6.10 Å². The summed E-state index contributed by atoms with van der Waals surface area (Å²) in [4.78, 5) is 22.8. The molecule has 0 amide bonds. The summed E-state index contributed by atoms with van der Waals surface area (Å²) in [7, 11) is 2.14. The number of aldehydes is 1. The van der Waals surface area contributed by atoms with E-state index in [9.17, 15) is 14.3 Å². The number of aromatic nitrogens is 2. The molecule has 2 aliphatic rings. The van der Waals surface area contributed by atoms with Crippen LogP contribution in [0.25, 0.3) is 0 Å². The molecule has 0 radical (unpaired) electrons. The van der Waals surface area contributed by atoms with Gasteiger partial charge in [-0.15, -0.1) is 0 Å². The molecule has 0 spiro atoms. The van der Waals surface area contributed by atoms with Crippen molar-refractivity contribution >= 4 is 17.9 Å². The largest absolute Gasteiger partial charge is 0.387 e. The van der Waals surface area contributed by atoms with Crippen molar-refractivity contribution in [2.75, 3.05) is 50.0 Å². The van der Waals surface area contributed by atoms with Crippen LogP contribution >= 0.6 is 0 Å². The summed E-state index contributed by atoms with van der Waals surface area (Å²) in [6, 6.07) is 10.2. The van der Waals surface area contributed by atoms with E-state index in [2.05, 4.69) is 44.3 Å². The van der Waals surface area contributed by atoms with E-state index in [1.165, 1.54) is 32.3 Å². The normalized spacial score (nSPS) is 17.8. The molecule has 8 heteroatoms. The Bertz CT molecular complexity index is 877. The molecule has 1 atom stereocenters. The Hall–Kier alpha value is -2.58. The van der Waals surface area contributed by atoms with Crippen LogP contribution in [0.15, 0.2) is 36.7 Å². The van der Waals surface area contributed by atoms with Gasteiger partial charge in [0.1, 0.15) is 18.0 Å². The molecule has 1 aliphatic heterocycles. The summed E-state index contributed by atoms with van der Waals surface area (Å²) < 4.78 is 11.8. The van der Waals surface area contributed by atoms with E-state index < -0.39 is 11.8 Å². The molecular formula is C24H34FN5O2. The van der Waals surface area contributed by atoms with E-state index in [-0.39, 0.29) is 6.29 Å². The van der Waals surface area contributed by atoms with Crippen LogP contribution in [0.1, 0.15) is 49.8 Å². The lowest BCUT2D eigenvalue weighted by Gasteiger charge is -2.33. The third-order valence-electron chi connectivity index (χ3n) is 5.61. The van der Waals surface area contributed by atoms with E-state index in [0.29, 0.717) is 12.5 Å². The third kappa shape index (κ3) is 7.24. The van der Waals surface area contributed by atoms with E-state index in [4.69, 9.17) is 0 Å². The summed E-state index contributed by atoms with van der Waals surface area (Å²) in [6.45, 7) is 6.91. The van der Waals surface area contributed by atoms with Crippen molar-refractivity contribution in [2.24, 2.45) is 0 Å². The lowest BCUT2D eigenvalue weighted by molar-refractivity contribution is -0.115. The number of likely N-dealkylation sites (N-methyl/N-ethyl adjacent to an activating group) is 1. The number of halogens is 1. The first kappa shape index (κ1) is 24.1. The molecule has 7 nitrogen and oxygen atoms in total. The van der Waals surface area contributed by atoms with Crippen molar-refractivity contribution in [1.29, 1.82) is 0 Å².